The molecule has 1 amide bonds. The molecular weight excluding hydrogens is 486 g/mol. The molecule has 6 heteroatoms. The highest BCUT2D eigenvalue weighted by Gasteiger charge is 2.26. The summed E-state index contributed by atoms with van der Waals surface area (Å²) in [7, 11) is 0. The van der Waals surface area contributed by atoms with Gasteiger partial charge < -0.3 is 19.7 Å². The number of nitrogens with zero attached hydrogens (tertiary/aromatic N) is 2. The Balaban J connectivity index is 1.00. The number of anilines is 1. The summed E-state index contributed by atoms with van der Waals surface area (Å²) in [4.78, 5) is 14.8. The minimum absolute atomic E-state index is 0.105. The maximum absolute atomic E-state index is 12.8. The topological polar surface area (TPSA) is 74.6 Å². The molecule has 2 fully saturated rings. The number of nitrogens with one attached hydrogen (secondary N) is 1. The fraction of sp³-hybridized carbons (Fsp3) is 0.394. The number of carbonyl (C=O) groups excluding carboxylic acids is 1. The molecule has 1 saturated carbocycles. The van der Waals surface area contributed by atoms with Crippen molar-refractivity contribution in [3.8, 4) is 17.6 Å². The number of carbonyl (C=O) groups is 1. The molecule has 39 heavy (non-hydrogen) atoms. The fourth-order valence-electron chi connectivity index (χ4n) is 5.66. The van der Waals surface area contributed by atoms with Gasteiger partial charge in [-0.2, -0.15) is 5.26 Å². The Morgan fingerprint density at radius 3 is 2.28 bits per heavy atom. The van der Waals surface area contributed by atoms with Crippen LogP contribution >= 0.6 is 0 Å². The highest BCUT2D eigenvalue weighted by molar-refractivity contribution is 5.77. The molecule has 0 atom stereocenters. The smallest absolute Gasteiger partial charge is 0.248 e. The van der Waals surface area contributed by atoms with E-state index >= 15 is 0 Å². The monoisotopic (exact) mass is 523 g/mol. The first-order valence-electron chi connectivity index (χ1n) is 14.1. The first-order chi connectivity index (χ1) is 19.1. The number of para-hydroxylation sites is 1. The first-order valence-corrected chi connectivity index (χ1v) is 14.1. The van der Waals surface area contributed by atoms with E-state index in [1.54, 1.807) is 0 Å². The van der Waals surface area contributed by atoms with Gasteiger partial charge >= 0.3 is 0 Å². The average molecular weight is 524 g/mol. The van der Waals surface area contributed by atoms with Crippen LogP contribution in [-0.2, 0) is 9.53 Å². The van der Waals surface area contributed by atoms with Gasteiger partial charge in [0.2, 0.25) is 5.91 Å². The molecule has 1 heterocycles. The van der Waals surface area contributed by atoms with Crippen LogP contribution < -0.4 is 10.1 Å². The molecule has 2 aliphatic rings. The number of amides is 1. The number of benzene rings is 3. The Morgan fingerprint density at radius 2 is 1.62 bits per heavy atom. The van der Waals surface area contributed by atoms with Gasteiger partial charge in [-0.1, -0.05) is 30.3 Å². The summed E-state index contributed by atoms with van der Waals surface area (Å²) in [6.07, 6.45) is 6.01. The third-order valence-electron chi connectivity index (χ3n) is 8.01. The maximum Gasteiger partial charge on any atom is 0.248 e. The summed E-state index contributed by atoms with van der Waals surface area (Å²) >= 11 is 0. The lowest BCUT2D eigenvalue weighted by Crippen LogP contribution is -2.41. The summed E-state index contributed by atoms with van der Waals surface area (Å²) in [5.74, 6) is 2.24. The number of nitriles is 1. The SMILES string of the molecule is Cc1cc(NC2CCC(OCC(=O)N3CCC(c4ccc(Oc5ccccc5)cc4)CC3)CC2)ccc1C#N. The number of piperidine rings is 1. The van der Waals surface area contributed by atoms with Crippen molar-refractivity contribution in [2.45, 2.75) is 63.5 Å². The van der Waals surface area contributed by atoms with Crippen molar-refractivity contribution in [2.75, 3.05) is 25.0 Å². The molecule has 0 radical (unpaired) electrons. The van der Waals surface area contributed by atoms with E-state index in [0.717, 1.165) is 79.9 Å². The minimum atomic E-state index is 0.105. The number of hydrogen-bond donors (Lipinski definition) is 1. The lowest BCUT2D eigenvalue weighted by Gasteiger charge is -2.33. The molecule has 5 rings (SSSR count). The van der Waals surface area contributed by atoms with Crippen molar-refractivity contribution in [1.29, 1.82) is 5.26 Å². The van der Waals surface area contributed by atoms with Crippen LogP contribution in [0.4, 0.5) is 5.69 Å². The second-order valence-electron chi connectivity index (χ2n) is 10.7. The van der Waals surface area contributed by atoms with Gasteiger partial charge in [-0.3, -0.25) is 4.79 Å². The van der Waals surface area contributed by atoms with E-state index in [1.807, 2.05) is 72.5 Å². The molecule has 1 N–H and O–H groups in total. The van der Waals surface area contributed by atoms with Gasteiger partial charge in [0, 0.05) is 24.8 Å². The van der Waals surface area contributed by atoms with Crippen molar-refractivity contribution < 1.29 is 14.3 Å². The van der Waals surface area contributed by atoms with Crippen molar-refractivity contribution in [2.24, 2.45) is 0 Å². The average Bonchev–Trinajstić information content (AvgIpc) is 2.98. The van der Waals surface area contributed by atoms with E-state index in [2.05, 4.69) is 23.5 Å². The van der Waals surface area contributed by atoms with Gasteiger partial charge in [0.15, 0.2) is 0 Å². The van der Waals surface area contributed by atoms with E-state index < -0.39 is 0 Å². The molecule has 6 nitrogen and oxygen atoms in total. The molecule has 1 saturated heterocycles. The standard InChI is InChI=1S/C33H37N3O3/c1-24-21-29(10-7-27(24)22-34)35-28-11-15-30(16-12-28)38-23-33(37)36-19-17-26(18-20-36)25-8-13-32(14-9-25)39-31-5-3-2-4-6-31/h2-10,13-14,21,26,28,30,35H,11-12,15-20,23H2,1H3. The Hall–Kier alpha value is -3.82. The van der Waals surface area contributed by atoms with Gasteiger partial charge in [0.25, 0.3) is 0 Å². The lowest BCUT2D eigenvalue weighted by atomic mass is 9.89. The summed E-state index contributed by atoms with van der Waals surface area (Å²) < 4.78 is 12.0. The number of ether oxygens (including phenoxy) is 2. The first kappa shape index (κ1) is 26.8. The predicted molar refractivity (Wildman–Crippen MR) is 153 cm³/mol. The van der Waals surface area contributed by atoms with Crippen molar-refractivity contribution >= 4 is 11.6 Å². The van der Waals surface area contributed by atoms with Crippen LogP contribution in [0.1, 0.15) is 61.1 Å². The summed E-state index contributed by atoms with van der Waals surface area (Å²) in [5.41, 5.74) is 4.08. The van der Waals surface area contributed by atoms with Gasteiger partial charge in [0.05, 0.1) is 17.7 Å². The molecule has 0 spiro atoms. The quantitative estimate of drug-likeness (QED) is 0.351. The molecule has 1 aliphatic carbocycles. The summed E-state index contributed by atoms with van der Waals surface area (Å²) in [5, 5.41) is 12.7. The molecule has 3 aromatic carbocycles. The Bertz CT molecular complexity index is 1270. The summed E-state index contributed by atoms with van der Waals surface area (Å²) in [6.45, 7) is 3.69. The Labute approximate surface area is 231 Å². The van der Waals surface area contributed by atoms with E-state index in [1.165, 1.54) is 5.56 Å². The number of rotatable bonds is 8. The van der Waals surface area contributed by atoms with Crippen molar-refractivity contribution in [3.63, 3.8) is 0 Å². The highest BCUT2D eigenvalue weighted by atomic mass is 16.5. The van der Waals surface area contributed by atoms with Gasteiger partial charge in [-0.05, 0) is 105 Å². The van der Waals surface area contributed by atoms with E-state index in [9.17, 15) is 4.79 Å². The number of likely N-dealkylation sites (tertiary alicyclic amines) is 1. The molecular formula is C33H37N3O3. The zero-order chi connectivity index (χ0) is 27.0. The minimum Gasteiger partial charge on any atom is -0.457 e. The molecule has 1 aliphatic heterocycles. The molecule has 3 aromatic rings. The molecule has 202 valence electrons. The zero-order valence-corrected chi connectivity index (χ0v) is 22.6. The third kappa shape index (κ3) is 7.19. The maximum atomic E-state index is 12.8. The fourth-order valence-corrected chi connectivity index (χ4v) is 5.66. The largest absolute Gasteiger partial charge is 0.457 e. The second-order valence-corrected chi connectivity index (χ2v) is 10.7. The van der Waals surface area contributed by atoms with Crippen molar-refractivity contribution in [1.82, 2.24) is 4.90 Å². The van der Waals surface area contributed by atoms with Crippen LogP contribution in [-0.4, -0.2) is 42.6 Å². The highest BCUT2D eigenvalue weighted by Crippen LogP contribution is 2.31. The number of aryl methyl sites for hydroxylation is 1. The Morgan fingerprint density at radius 1 is 0.923 bits per heavy atom. The Kier molecular flexibility index (Phi) is 8.80. The lowest BCUT2D eigenvalue weighted by molar-refractivity contribution is -0.139. The van der Waals surface area contributed by atoms with E-state index in [0.29, 0.717) is 12.0 Å². The number of hydrogen-bond acceptors (Lipinski definition) is 5. The zero-order valence-electron chi connectivity index (χ0n) is 22.6. The predicted octanol–water partition coefficient (Wildman–Crippen LogP) is 6.80. The van der Waals surface area contributed by atoms with Crippen LogP contribution in [0.3, 0.4) is 0 Å². The normalized spacial score (nSPS) is 19.7. The van der Waals surface area contributed by atoms with E-state index in [4.69, 9.17) is 14.7 Å². The van der Waals surface area contributed by atoms with Gasteiger partial charge in [0.1, 0.15) is 18.1 Å². The molecule has 0 aromatic heterocycles. The van der Waals surface area contributed by atoms with E-state index in [-0.39, 0.29) is 18.6 Å². The van der Waals surface area contributed by atoms with Crippen LogP contribution in [0, 0.1) is 18.3 Å². The van der Waals surface area contributed by atoms with Crippen LogP contribution in [0.2, 0.25) is 0 Å². The van der Waals surface area contributed by atoms with Crippen LogP contribution in [0.25, 0.3) is 0 Å². The second kappa shape index (κ2) is 12.8. The molecule has 0 bridgehead atoms. The van der Waals surface area contributed by atoms with Gasteiger partial charge in [-0.25, -0.2) is 0 Å². The summed E-state index contributed by atoms with van der Waals surface area (Å²) in [6, 6.07) is 26.7. The van der Waals surface area contributed by atoms with Crippen LogP contribution in [0.15, 0.2) is 72.8 Å². The molecule has 0 unspecified atom stereocenters. The third-order valence-corrected chi connectivity index (χ3v) is 8.01. The van der Waals surface area contributed by atoms with Gasteiger partial charge in [-0.15, -0.1) is 0 Å². The van der Waals surface area contributed by atoms with Crippen LogP contribution in [0.5, 0.6) is 11.5 Å². The van der Waals surface area contributed by atoms with Crippen molar-refractivity contribution in [3.05, 3.63) is 89.5 Å².